The largest absolute Gasteiger partial charge is 0.394 e. The molecule has 0 saturated heterocycles. The number of aliphatic hydroxyl groups is 1. The fourth-order valence-corrected chi connectivity index (χ4v) is 2.04. The van der Waals surface area contributed by atoms with E-state index in [0.717, 1.165) is 6.42 Å². The van der Waals surface area contributed by atoms with E-state index in [4.69, 9.17) is 9.84 Å². The van der Waals surface area contributed by atoms with Crippen LogP contribution in [0.15, 0.2) is 30.3 Å². The van der Waals surface area contributed by atoms with Gasteiger partial charge in [-0.1, -0.05) is 30.3 Å². The molecule has 0 bridgehead atoms. The lowest BCUT2D eigenvalue weighted by Gasteiger charge is -2.06. The van der Waals surface area contributed by atoms with E-state index in [-0.39, 0.29) is 25.5 Å². The smallest absolute Gasteiger partial charge is 0.227 e. The number of carbonyl (C=O) groups excluding carboxylic acids is 1. The first-order chi connectivity index (χ1) is 11.3. The van der Waals surface area contributed by atoms with Gasteiger partial charge < -0.3 is 15.2 Å². The minimum Gasteiger partial charge on any atom is -0.394 e. The number of nitrogens with one attached hydrogen (secondary N) is 1. The molecule has 1 aromatic heterocycles. The van der Waals surface area contributed by atoms with Crippen LogP contribution in [0.3, 0.4) is 0 Å². The van der Waals surface area contributed by atoms with Crippen LogP contribution in [0.5, 0.6) is 0 Å². The molecule has 1 aromatic carbocycles. The number of hydrogen-bond donors (Lipinski definition) is 2. The van der Waals surface area contributed by atoms with Crippen LogP contribution in [-0.2, 0) is 28.9 Å². The number of carbonyl (C=O) groups is 1. The molecule has 0 atom stereocenters. The molecule has 1 heterocycles. The Labute approximate surface area is 134 Å². The van der Waals surface area contributed by atoms with Gasteiger partial charge in [0.1, 0.15) is 0 Å². The highest BCUT2D eigenvalue weighted by Crippen LogP contribution is 2.02. The Morgan fingerprint density at radius 2 is 2.09 bits per heavy atom. The molecule has 2 aromatic rings. The van der Waals surface area contributed by atoms with Gasteiger partial charge in [0.25, 0.3) is 0 Å². The standard InChI is InChI=1S/C15H21N5O3/c21-9-11-23-10-7-16-15(22)12-14-17-18-19-20(14)8-6-13-4-2-1-3-5-13/h1-5,21H,6-12H2,(H,16,22). The summed E-state index contributed by atoms with van der Waals surface area (Å²) in [4.78, 5) is 11.8. The number of tetrazole rings is 1. The number of nitrogens with zero attached hydrogens (tertiary/aromatic N) is 4. The maximum absolute atomic E-state index is 11.8. The third-order valence-electron chi connectivity index (χ3n) is 3.18. The predicted molar refractivity (Wildman–Crippen MR) is 82.6 cm³/mol. The number of ether oxygens (including phenoxy) is 1. The maximum atomic E-state index is 11.8. The van der Waals surface area contributed by atoms with Crippen molar-refractivity contribution in [3.8, 4) is 0 Å². The summed E-state index contributed by atoms with van der Waals surface area (Å²) in [7, 11) is 0. The minimum atomic E-state index is -0.159. The second kappa shape index (κ2) is 9.65. The van der Waals surface area contributed by atoms with Crippen molar-refractivity contribution < 1.29 is 14.6 Å². The zero-order chi connectivity index (χ0) is 16.3. The van der Waals surface area contributed by atoms with Gasteiger partial charge in [-0.15, -0.1) is 5.10 Å². The maximum Gasteiger partial charge on any atom is 0.227 e. The van der Waals surface area contributed by atoms with Crippen LogP contribution in [0.1, 0.15) is 11.4 Å². The molecule has 0 aliphatic heterocycles. The molecule has 0 aliphatic carbocycles. The molecule has 23 heavy (non-hydrogen) atoms. The Kier molecular flexibility index (Phi) is 7.15. The lowest BCUT2D eigenvalue weighted by molar-refractivity contribution is -0.120. The molecule has 0 radical (unpaired) electrons. The van der Waals surface area contributed by atoms with Crippen molar-refractivity contribution in [3.63, 3.8) is 0 Å². The first-order valence-corrected chi connectivity index (χ1v) is 7.54. The lowest BCUT2D eigenvalue weighted by atomic mass is 10.1. The normalized spacial score (nSPS) is 10.7. The van der Waals surface area contributed by atoms with Gasteiger partial charge in [-0.2, -0.15) is 0 Å². The van der Waals surface area contributed by atoms with Crippen molar-refractivity contribution in [2.75, 3.05) is 26.4 Å². The molecule has 0 aliphatic rings. The molecule has 0 spiro atoms. The summed E-state index contributed by atoms with van der Waals surface area (Å²) in [5.41, 5.74) is 1.19. The highest BCUT2D eigenvalue weighted by Gasteiger charge is 2.11. The average Bonchev–Trinajstić information content (AvgIpc) is 3.01. The molecule has 8 nitrogen and oxygen atoms in total. The molecule has 0 fully saturated rings. The molecule has 1 amide bonds. The van der Waals surface area contributed by atoms with E-state index in [1.807, 2.05) is 30.3 Å². The Morgan fingerprint density at radius 1 is 1.26 bits per heavy atom. The van der Waals surface area contributed by atoms with Gasteiger partial charge in [0, 0.05) is 13.1 Å². The summed E-state index contributed by atoms with van der Waals surface area (Å²) in [5, 5.41) is 22.8. The van der Waals surface area contributed by atoms with Gasteiger partial charge in [-0.25, -0.2) is 4.68 Å². The van der Waals surface area contributed by atoms with Crippen LogP contribution in [0.4, 0.5) is 0 Å². The summed E-state index contributed by atoms with van der Waals surface area (Å²) in [5.74, 6) is 0.378. The zero-order valence-electron chi connectivity index (χ0n) is 12.9. The van der Waals surface area contributed by atoms with Crippen molar-refractivity contribution in [3.05, 3.63) is 41.7 Å². The summed E-state index contributed by atoms with van der Waals surface area (Å²) < 4.78 is 6.72. The topological polar surface area (TPSA) is 102 Å². The van der Waals surface area contributed by atoms with Gasteiger partial charge in [-0.05, 0) is 22.4 Å². The zero-order valence-corrected chi connectivity index (χ0v) is 12.9. The Balaban J connectivity index is 1.75. The van der Waals surface area contributed by atoms with Gasteiger partial charge in [-0.3, -0.25) is 4.79 Å². The van der Waals surface area contributed by atoms with Crippen LogP contribution < -0.4 is 5.32 Å². The van der Waals surface area contributed by atoms with E-state index in [2.05, 4.69) is 20.8 Å². The fraction of sp³-hybridized carbons (Fsp3) is 0.467. The van der Waals surface area contributed by atoms with E-state index in [1.165, 1.54) is 5.56 Å². The molecular formula is C15H21N5O3. The van der Waals surface area contributed by atoms with Gasteiger partial charge in [0.2, 0.25) is 5.91 Å². The second-order valence-corrected chi connectivity index (χ2v) is 4.92. The Hall–Kier alpha value is -2.32. The van der Waals surface area contributed by atoms with E-state index in [0.29, 0.717) is 25.5 Å². The average molecular weight is 319 g/mol. The molecule has 124 valence electrons. The first kappa shape index (κ1) is 17.0. The highest BCUT2D eigenvalue weighted by molar-refractivity contribution is 5.77. The summed E-state index contributed by atoms with van der Waals surface area (Å²) in [6.45, 7) is 1.63. The predicted octanol–water partition coefficient (Wildman–Crippen LogP) is -0.417. The van der Waals surface area contributed by atoms with Crippen molar-refractivity contribution in [1.29, 1.82) is 0 Å². The van der Waals surface area contributed by atoms with Crippen LogP contribution in [0, 0.1) is 0 Å². The number of aromatic nitrogens is 4. The number of rotatable bonds is 10. The summed E-state index contributed by atoms with van der Waals surface area (Å²) in [6, 6.07) is 10.0. The fourth-order valence-electron chi connectivity index (χ4n) is 2.04. The monoisotopic (exact) mass is 319 g/mol. The number of hydrogen-bond acceptors (Lipinski definition) is 6. The van der Waals surface area contributed by atoms with Crippen LogP contribution in [-0.4, -0.2) is 57.6 Å². The molecule has 0 saturated carbocycles. The van der Waals surface area contributed by atoms with Crippen LogP contribution >= 0.6 is 0 Å². The number of amides is 1. The number of benzene rings is 1. The van der Waals surface area contributed by atoms with Gasteiger partial charge >= 0.3 is 0 Å². The van der Waals surface area contributed by atoms with Gasteiger partial charge in [0.15, 0.2) is 5.82 Å². The molecule has 8 heteroatoms. The molecule has 0 unspecified atom stereocenters. The van der Waals surface area contributed by atoms with E-state index in [9.17, 15) is 4.79 Å². The quantitative estimate of drug-likeness (QED) is 0.577. The number of aliphatic hydroxyl groups excluding tert-OH is 1. The SMILES string of the molecule is O=C(Cc1nnnn1CCc1ccccc1)NCCOCCO. The molecular weight excluding hydrogens is 298 g/mol. The lowest BCUT2D eigenvalue weighted by Crippen LogP contribution is -2.30. The van der Waals surface area contributed by atoms with Gasteiger partial charge in [0.05, 0.1) is 26.2 Å². The van der Waals surface area contributed by atoms with Crippen LogP contribution in [0.2, 0.25) is 0 Å². The third kappa shape index (κ3) is 6.13. The third-order valence-corrected chi connectivity index (χ3v) is 3.18. The Morgan fingerprint density at radius 3 is 2.87 bits per heavy atom. The molecule has 2 rings (SSSR count). The van der Waals surface area contributed by atoms with E-state index in [1.54, 1.807) is 4.68 Å². The minimum absolute atomic E-state index is 0.0237. The van der Waals surface area contributed by atoms with Crippen LogP contribution in [0.25, 0.3) is 0 Å². The van der Waals surface area contributed by atoms with Crippen molar-refractivity contribution in [2.45, 2.75) is 19.4 Å². The van der Waals surface area contributed by atoms with E-state index >= 15 is 0 Å². The number of aryl methyl sites for hydroxylation is 2. The molecule has 2 N–H and O–H groups in total. The van der Waals surface area contributed by atoms with Crippen molar-refractivity contribution in [2.24, 2.45) is 0 Å². The second-order valence-electron chi connectivity index (χ2n) is 4.92. The van der Waals surface area contributed by atoms with E-state index < -0.39 is 0 Å². The summed E-state index contributed by atoms with van der Waals surface area (Å²) >= 11 is 0. The van der Waals surface area contributed by atoms with Crippen molar-refractivity contribution >= 4 is 5.91 Å². The summed E-state index contributed by atoms with van der Waals surface area (Å²) in [6.07, 6.45) is 0.928. The first-order valence-electron chi connectivity index (χ1n) is 7.54. The highest BCUT2D eigenvalue weighted by atomic mass is 16.5. The van der Waals surface area contributed by atoms with Crippen molar-refractivity contribution in [1.82, 2.24) is 25.5 Å². The Bertz CT molecular complexity index is 588.